The molecule has 1 atom stereocenters. The summed E-state index contributed by atoms with van der Waals surface area (Å²) >= 11 is 0. The Morgan fingerprint density at radius 1 is 1.17 bits per heavy atom. The molecule has 4 heteroatoms. The highest BCUT2D eigenvalue weighted by atomic mass is 16.3. The molecular formula is C20H28N2O2. The van der Waals surface area contributed by atoms with Gasteiger partial charge in [0.1, 0.15) is 0 Å². The van der Waals surface area contributed by atoms with Crippen molar-refractivity contribution in [3.63, 3.8) is 0 Å². The highest BCUT2D eigenvalue weighted by Crippen LogP contribution is 2.16. The molecule has 0 aliphatic heterocycles. The topological polar surface area (TPSA) is 68.2 Å². The monoisotopic (exact) mass is 328 g/mol. The molecule has 130 valence electrons. The number of hydrogen-bond acceptors (Lipinski definition) is 3. The van der Waals surface area contributed by atoms with Gasteiger partial charge in [0.05, 0.1) is 12.3 Å². The van der Waals surface area contributed by atoms with Crippen molar-refractivity contribution in [1.29, 1.82) is 0 Å². The van der Waals surface area contributed by atoms with Crippen molar-refractivity contribution in [2.24, 2.45) is 12.8 Å². The molecule has 1 aromatic heterocycles. The molecule has 0 radical (unpaired) electrons. The molecule has 0 fully saturated rings. The average molecular weight is 328 g/mol. The maximum atomic E-state index is 12.4. The third-order valence-corrected chi connectivity index (χ3v) is 4.54. The van der Waals surface area contributed by atoms with Crippen molar-refractivity contribution >= 4 is 5.78 Å². The van der Waals surface area contributed by atoms with Gasteiger partial charge in [-0.15, -0.1) is 0 Å². The zero-order chi connectivity index (χ0) is 17.6. The fourth-order valence-electron chi connectivity index (χ4n) is 2.80. The molecule has 0 bridgehead atoms. The maximum absolute atomic E-state index is 12.4. The zero-order valence-corrected chi connectivity index (χ0v) is 14.7. The SMILES string of the molecule is Cn1c(CC[C@@](C)(N)CO)ccc1C(=O)CCCc1ccccc1. The van der Waals surface area contributed by atoms with E-state index in [1.54, 1.807) is 0 Å². The number of rotatable bonds is 9. The number of aryl methyl sites for hydroxylation is 2. The minimum atomic E-state index is -0.579. The summed E-state index contributed by atoms with van der Waals surface area (Å²) in [5.41, 5.74) is 8.49. The minimum Gasteiger partial charge on any atom is -0.394 e. The van der Waals surface area contributed by atoms with Gasteiger partial charge in [0.2, 0.25) is 0 Å². The van der Waals surface area contributed by atoms with E-state index < -0.39 is 5.54 Å². The third kappa shape index (κ3) is 5.05. The molecule has 2 rings (SSSR count). The summed E-state index contributed by atoms with van der Waals surface area (Å²) in [6.45, 7) is 1.80. The van der Waals surface area contributed by atoms with Crippen LogP contribution in [0.4, 0.5) is 0 Å². The number of aliphatic hydroxyl groups excluding tert-OH is 1. The first kappa shape index (κ1) is 18.4. The molecule has 0 saturated heterocycles. The first-order valence-electron chi connectivity index (χ1n) is 8.54. The van der Waals surface area contributed by atoms with E-state index in [4.69, 9.17) is 5.73 Å². The van der Waals surface area contributed by atoms with E-state index in [1.165, 1.54) is 5.56 Å². The second-order valence-corrected chi connectivity index (χ2v) is 6.84. The Hall–Kier alpha value is -1.91. The number of carbonyl (C=O) groups excluding carboxylic acids is 1. The lowest BCUT2D eigenvalue weighted by Gasteiger charge is -2.21. The van der Waals surface area contributed by atoms with Gasteiger partial charge in [0.15, 0.2) is 5.78 Å². The summed E-state index contributed by atoms with van der Waals surface area (Å²) in [6.07, 6.45) is 3.77. The van der Waals surface area contributed by atoms with E-state index in [0.717, 1.165) is 30.7 Å². The van der Waals surface area contributed by atoms with Gasteiger partial charge in [0, 0.05) is 24.7 Å². The van der Waals surface area contributed by atoms with Gasteiger partial charge in [0.25, 0.3) is 0 Å². The van der Waals surface area contributed by atoms with Crippen LogP contribution in [0.1, 0.15) is 47.9 Å². The Kier molecular flexibility index (Phi) is 6.35. The number of hydrogen-bond donors (Lipinski definition) is 2. The second kappa shape index (κ2) is 8.27. The predicted octanol–water partition coefficient (Wildman–Crippen LogP) is 2.87. The zero-order valence-electron chi connectivity index (χ0n) is 14.7. The Balaban J connectivity index is 1.88. The summed E-state index contributed by atoms with van der Waals surface area (Å²) < 4.78 is 1.96. The lowest BCUT2D eigenvalue weighted by molar-refractivity contribution is 0.0972. The van der Waals surface area contributed by atoms with Crippen LogP contribution >= 0.6 is 0 Å². The van der Waals surface area contributed by atoms with Crippen LogP contribution in [0.2, 0.25) is 0 Å². The number of nitrogens with zero attached hydrogens (tertiary/aromatic N) is 1. The molecule has 24 heavy (non-hydrogen) atoms. The Labute approximate surface area is 144 Å². The van der Waals surface area contributed by atoms with Gasteiger partial charge in [-0.25, -0.2) is 0 Å². The van der Waals surface area contributed by atoms with E-state index in [1.807, 2.05) is 48.9 Å². The molecule has 1 aromatic carbocycles. The van der Waals surface area contributed by atoms with Crippen LogP contribution in [0, 0.1) is 0 Å². The van der Waals surface area contributed by atoms with Crippen LogP contribution in [0.25, 0.3) is 0 Å². The van der Waals surface area contributed by atoms with Crippen molar-refractivity contribution in [2.75, 3.05) is 6.61 Å². The lowest BCUT2D eigenvalue weighted by Crippen LogP contribution is -2.40. The van der Waals surface area contributed by atoms with Crippen LogP contribution in [-0.2, 0) is 19.9 Å². The van der Waals surface area contributed by atoms with Crippen molar-refractivity contribution in [2.45, 2.75) is 44.6 Å². The van der Waals surface area contributed by atoms with Crippen LogP contribution in [-0.4, -0.2) is 27.6 Å². The van der Waals surface area contributed by atoms with Crippen LogP contribution in [0.15, 0.2) is 42.5 Å². The van der Waals surface area contributed by atoms with E-state index in [0.29, 0.717) is 12.8 Å². The molecular weight excluding hydrogens is 300 g/mol. The number of benzene rings is 1. The number of carbonyl (C=O) groups is 1. The molecule has 3 N–H and O–H groups in total. The summed E-state index contributed by atoms with van der Waals surface area (Å²) in [7, 11) is 1.92. The van der Waals surface area contributed by atoms with E-state index in [2.05, 4.69) is 12.1 Å². The van der Waals surface area contributed by atoms with Crippen LogP contribution in [0.3, 0.4) is 0 Å². The van der Waals surface area contributed by atoms with Crippen molar-refractivity contribution in [3.8, 4) is 0 Å². The van der Waals surface area contributed by atoms with Gasteiger partial charge >= 0.3 is 0 Å². The standard InChI is InChI=1S/C20H28N2O2/c1-20(21,15-23)14-13-17-11-12-18(22(17)2)19(24)10-6-9-16-7-4-3-5-8-16/h3-5,7-8,11-12,23H,6,9-10,13-15,21H2,1-2H3/t20-/m1/s1. The van der Waals surface area contributed by atoms with Crippen LogP contribution < -0.4 is 5.73 Å². The van der Waals surface area contributed by atoms with E-state index in [-0.39, 0.29) is 12.4 Å². The molecule has 0 amide bonds. The summed E-state index contributed by atoms with van der Waals surface area (Å²) in [4.78, 5) is 12.4. The van der Waals surface area contributed by atoms with Crippen molar-refractivity contribution in [1.82, 2.24) is 4.57 Å². The number of aliphatic hydroxyl groups is 1. The summed E-state index contributed by atoms with van der Waals surface area (Å²) in [5, 5.41) is 9.24. The summed E-state index contributed by atoms with van der Waals surface area (Å²) in [5.74, 6) is 0.178. The first-order chi connectivity index (χ1) is 11.4. The molecule has 0 saturated carbocycles. The first-order valence-corrected chi connectivity index (χ1v) is 8.54. The molecule has 0 spiro atoms. The number of aromatic nitrogens is 1. The third-order valence-electron chi connectivity index (χ3n) is 4.54. The van der Waals surface area contributed by atoms with Gasteiger partial charge in [-0.1, -0.05) is 30.3 Å². The molecule has 0 aliphatic carbocycles. The predicted molar refractivity (Wildman–Crippen MR) is 97.1 cm³/mol. The van der Waals surface area contributed by atoms with Crippen LogP contribution in [0.5, 0.6) is 0 Å². The number of nitrogens with two attached hydrogens (primary N) is 1. The molecule has 2 aromatic rings. The van der Waals surface area contributed by atoms with E-state index in [9.17, 15) is 9.90 Å². The quantitative estimate of drug-likeness (QED) is 0.696. The minimum absolute atomic E-state index is 0.0390. The van der Waals surface area contributed by atoms with Crippen molar-refractivity contribution in [3.05, 3.63) is 59.4 Å². The average Bonchev–Trinajstić information content (AvgIpc) is 2.95. The maximum Gasteiger partial charge on any atom is 0.179 e. The molecule has 1 heterocycles. The van der Waals surface area contributed by atoms with Crippen molar-refractivity contribution < 1.29 is 9.90 Å². The smallest absolute Gasteiger partial charge is 0.179 e. The van der Waals surface area contributed by atoms with Gasteiger partial charge in [-0.05, 0) is 50.3 Å². The number of Topliss-reactive ketones (excluding diaryl/α,β-unsaturated/α-hetero) is 1. The number of ketones is 1. The van der Waals surface area contributed by atoms with Gasteiger partial charge in [-0.3, -0.25) is 4.79 Å². The largest absolute Gasteiger partial charge is 0.394 e. The Morgan fingerprint density at radius 3 is 2.54 bits per heavy atom. The fourth-order valence-corrected chi connectivity index (χ4v) is 2.80. The highest BCUT2D eigenvalue weighted by molar-refractivity contribution is 5.94. The second-order valence-electron chi connectivity index (χ2n) is 6.84. The van der Waals surface area contributed by atoms with E-state index >= 15 is 0 Å². The highest BCUT2D eigenvalue weighted by Gasteiger charge is 2.19. The fraction of sp³-hybridized carbons (Fsp3) is 0.450. The lowest BCUT2D eigenvalue weighted by atomic mass is 9.97. The molecule has 0 unspecified atom stereocenters. The molecule has 4 nitrogen and oxygen atoms in total. The molecule has 0 aliphatic rings. The Bertz CT molecular complexity index is 660. The summed E-state index contributed by atoms with van der Waals surface area (Å²) in [6, 6.07) is 14.1. The van der Waals surface area contributed by atoms with Gasteiger partial charge < -0.3 is 15.4 Å². The Morgan fingerprint density at radius 2 is 1.88 bits per heavy atom. The normalized spacial score (nSPS) is 13.7. The van der Waals surface area contributed by atoms with Gasteiger partial charge in [-0.2, -0.15) is 0 Å².